The number of halogens is 1. The zero-order valence-electron chi connectivity index (χ0n) is 16.6. The lowest BCUT2D eigenvalue weighted by Gasteiger charge is -2.08. The second-order valence-corrected chi connectivity index (χ2v) is 6.72. The molecule has 0 saturated heterocycles. The Morgan fingerprint density at radius 3 is 2.48 bits per heavy atom. The molecule has 0 aliphatic carbocycles. The van der Waals surface area contributed by atoms with E-state index in [2.05, 4.69) is 10.5 Å². The highest BCUT2D eigenvalue weighted by atomic mass is 35.5. The Morgan fingerprint density at radius 2 is 1.74 bits per heavy atom. The molecule has 0 bridgehead atoms. The van der Waals surface area contributed by atoms with Gasteiger partial charge in [0.1, 0.15) is 0 Å². The number of hydrazone groups is 1. The van der Waals surface area contributed by atoms with Crippen molar-refractivity contribution < 1.29 is 19.1 Å². The third-order valence-corrected chi connectivity index (χ3v) is 4.31. The number of hydrogen-bond acceptors (Lipinski definition) is 5. The summed E-state index contributed by atoms with van der Waals surface area (Å²) in [7, 11) is 1.47. The van der Waals surface area contributed by atoms with Crippen molar-refractivity contribution in [1.29, 1.82) is 0 Å². The van der Waals surface area contributed by atoms with Gasteiger partial charge < -0.3 is 9.47 Å². The molecule has 156 valence electrons. The molecule has 31 heavy (non-hydrogen) atoms. The Kier molecular flexibility index (Phi) is 7.56. The first-order valence-corrected chi connectivity index (χ1v) is 9.65. The number of esters is 1. The van der Waals surface area contributed by atoms with E-state index >= 15 is 0 Å². The summed E-state index contributed by atoms with van der Waals surface area (Å²) >= 11 is 5.88. The van der Waals surface area contributed by atoms with Gasteiger partial charge in [-0.05, 0) is 53.6 Å². The fraction of sp³-hybridized carbons (Fsp3) is 0.0417. The number of carbonyl (C=O) groups excluding carboxylic acids is 2. The molecule has 1 amide bonds. The van der Waals surface area contributed by atoms with Gasteiger partial charge in [-0.1, -0.05) is 48.0 Å². The molecular weight excluding hydrogens is 416 g/mol. The smallest absolute Gasteiger partial charge is 0.336 e. The molecule has 0 fully saturated rings. The van der Waals surface area contributed by atoms with Crippen LogP contribution in [-0.4, -0.2) is 25.2 Å². The molecule has 0 heterocycles. The molecule has 3 rings (SSSR count). The third-order valence-electron chi connectivity index (χ3n) is 4.08. The standard InChI is InChI=1S/C24H19ClN2O4/c1-30-22-14-18(16-26-27-24(29)19-8-5-9-20(25)15-19)10-12-21(22)31-23(28)13-11-17-6-3-2-4-7-17/h2-16H,1H3,(H,27,29). The van der Waals surface area contributed by atoms with Crippen molar-refractivity contribution in [2.45, 2.75) is 0 Å². The van der Waals surface area contributed by atoms with Crippen LogP contribution < -0.4 is 14.9 Å². The van der Waals surface area contributed by atoms with Crippen LogP contribution in [0.4, 0.5) is 0 Å². The fourth-order valence-electron chi connectivity index (χ4n) is 2.58. The molecule has 0 spiro atoms. The predicted molar refractivity (Wildman–Crippen MR) is 121 cm³/mol. The van der Waals surface area contributed by atoms with E-state index in [1.54, 1.807) is 48.5 Å². The summed E-state index contributed by atoms with van der Waals surface area (Å²) in [6.45, 7) is 0. The average Bonchev–Trinajstić information content (AvgIpc) is 2.79. The van der Waals surface area contributed by atoms with E-state index < -0.39 is 5.97 Å². The van der Waals surface area contributed by atoms with Crippen LogP contribution in [0, 0.1) is 0 Å². The summed E-state index contributed by atoms with van der Waals surface area (Å²) in [5.74, 6) is -0.296. The van der Waals surface area contributed by atoms with Gasteiger partial charge >= 0.3 is 5.97 Å². The average molecular weight is 435 g/mol. The van der Waals surface area contributed by atoms with Gasteiger partial charge in [0.05, 0.1) is 13.3 Å². The zero-order valence-corrected chi connectivity index (χ0v) is 17.4. The molecule has 7 heteroatoms. The number of nitrogens with zero attached hydrogens (tertiary/aromatic N) is 1. The van der Waals surface area contributed by atoms with Gasteiger partial charge in [-0.15, -0.1) is 0 Å². The van der Waals surface area contributed by atoms with E-state index in [-0.39, 0.29) is 11.7 Å². The number of amides is 1. The Balaban J connectivity index is 1.62. The van der Waals surface area contributed by atoms with Crippen LogP contribution in [-0.2, 0) is 4.79 Å². The van der Waals surface area contributed by atoms with Crippen LogP contribution in [0.5, 0.6) is 11.5 Å². The first kappa shape index (κ1) is 21.8. The predicted octanol–water partition coefficient (Wildman–Crippen LogP) is 4.73. The second-order valence-electron chi connectivity index (χ2n) is 6.28. The van der Waals surface area contributed by atoms with Gasteiger partial charge in [0, 0.05) is 16.7 Å². The molecule has 1 N–H and O–H groups in total. The van der Waals surface area contributed by atoms with Crippen molar-refractivity contribution in [2.24, 2.45) is 5.10 Å². The summed E-state index contributed by atoms with van der Waals surface area (Å²) in [4.78, 5) is 24.2. The maximum atomic E-state index is 12.1. The number of methoxy groups -OCH3 is 1. The summed E-state index contributed by atoms with van der Waals surface area (Å²) in [5.41, 5.74) is 4.35. The molecule has 0 aromatic heterocycles. The topological polar surface area (TPSA) is 77.0 Å². The zero-order chi connectivity index (χ0) is 22.1. The van der Waals surface area contributed by atoms with Crippen LogP contribution in [0.25, 0.3) is 6.08 Å². The fourth-order valence-corrected chi connectivity index (χ4v) is 2.77. The van der Waals surface area contributed by atoms with Crippen LogP contribution in [0.15, 0.2) is 84.0 Å². The van der Waals surface area contributed by atoms with Gasteiger partial charge in [0.15, 0.2) is 11.5 Å². The summed E-state index contributed by atoms with van der Waals surface area (Å²) in [6, 6.07) is 20.9. The van der Waals surface area contributed by atoms with Crippen molar-refractivity contribution in [3.05, 3.63) is 101 Å². The van der Waals surface area contributed by atoms with E-state index in [1.165, 1.54) is 19.4 Å². The van der Waals surface area contributed by atoms with Gasteiger partial charge in [-0.3, -0.25) is 4.79 Å². The van der Waals surface area contributed by atoms with E-state index in [9.17, 15) is 9.59 Å². The molecule has 0 radical (unpaired) electrons. The van der Waals surface area contributed by atoms with Gasteiger partial charge in [-0.2, -0.15) is 5.10 Å². The van der Waals surface area contributed by atoms with Crippen molar-refractivity contribution >= 4 is 35.8 Å². The Labute approximate surface area is 184 Å². The molecule has 3 aromatic carbocycles. The normalized spacial score (nSPS) is 10.9. The summed E-state index contributed by atoms with van der Waals surface area (Å²) < 4.78 is 10.6. The minimum Gasteiger partial charge on any atom is -0.493 e. The van der Waals surface area contributed by atoms with E-state index in [0.717, 1.165) is 5.56 Å². The highest BCUT2D eigenvalue weighted by Crippen LogP contribution is 2.27. The molecule has 0 atom stereocenters. The number of hydrogen-bond donors (Lipinski definition) is 1. The number of carbonyl (C=O) groups is 2. The maximum absolute atomic E-state index is 12.1. The van der Waals surface area contributed by atoms with Crippen molar-refractivity contribution in [3.8, 4) is 11.5 Å². The lowest BCUT2D eigenvalue weighted by molar-refractivity contribution is -0.129. The second kappa shape index (κ2) is 10.8. The van der Waals surface area contributed by atoms with Crippen LogP contribution in [0.3, 0.4) is 0 Å². The van der Waals surface area contributed by atoms with Gasteiger partial charge in [-0.25, -0.2) is 10.2 Å². The summed E-state index contributed by atoms with van der Waals surface area (Å²) in [6.07, 6.45) is 4.46. The van der Waals surface area contributed by atoms with E-state index in [4.69, 9.17) is 21.1 Å². The van der Waals surface area contributed by atoms with Crippen LogP contribution in [0.1, 0.15) is 21.5 Å². The van der Waals surface area contributed by atoms with Crippen molar-refractivity contribution in [1.82, 2.24) is 5.43 Å². The lowest BCUT2D eigenvalue weighted by atomic mass is 10.2. The van der Waals surface area contributed by atoms with E-state index in [1.807, 2.05) is 30.3 Å². The van der Waals surface area contributed by atoms with Crippen LogP contribution >= 0.6 is 11.6 Å². The highest BCUT2D eigenvalue weighted by molar-refractivity contribution is 6.30. The first-order valence-electron chi connectivity index (χ1n) is 9.27. The van der Waals surface area contributed by atoms with Gasteiger partial charge in [0.25, 0.3) is 5.91 Å². The lowest BCUT2D eigenvalue weighted by Crippen LogP contribution is -2.17. The first-order chi connectivity index (χ1) is 15.0. The Morgan fingerprint density at radius 1 is 0.935 bits per heavy atom. The highest BCUT2D eigenvalue weighted by Gasteiger charge is 2.09. The Hall–Kier alpha value is -3.90. The minimum atomic E-state index is -0.530. The van der Waals surface area contributed by atoms with Crippen LogP contribution in [0.2, 0.25) is 5.02 Å². The molecule has 0 unspecified atom stereocenters. The number of ether oxygens (including phenoxy) is 2. The number of benzene rings is 3. The quantitative estimate of drug-likeness (QED) is 0.192. The SMILES string of the molecule is COc1cc(C=NNC(=O)c2cccc(Cl)c2)ccc1OC(=O)C=Cc1ccccc1. The number of nitrogens with one attached hydrogen (secondary N) is 1. The molecule has 0 aliphatic heterocycles. The van der Waals surface area contributed by atoms with Gasteiger partial charge in [0.2, 0.25) is 0 Å². The minimum absolute atomic E-state index is 0.269. The molecular formula is C24H19ClN2O4. The molecule has 0 aliphatic rings. The monoisotopic (exact) mass is 434 g/mol. The van der Waals surface area contributed by atoms with Crippen molar-refractivity contribution in [2.75, 3.05) is 7.11 Å². The van der Waals surface area contributed by atoms with Crippen molar-refractivity contribution in [3.63, 3.8) is 0 Å². The molecule has 3 aromatic rings. The largest absolute Gasteiger partial charge is 0.493 e. The Bertz CT molecular complexity index is 1130. The maximum Gasteiger partial charge on any atom is 0.336 e. The molecule has 6 nitrogen and oxygen atoms in total. The summed E-state index contributed by atoms with van der Waals surface area (Å²) in [5, 5.41) is 4.40. The van der Waals surface area contributed by atoms with E-state index in [0.29, 0.717) is 21.9 Å². The molecule has 0 saturated carbocycles. The number of rotatable bonds is 7. The third kappa shape index (κ3) is 6.55.